The van der Waals surface area contributed by atoms with E-state index in [0.717, 1.165) is 25.7 Å². The molecule has 1 saturated heterocycles. The second-order valence-electron chi connectivity index (χ2n) is 4.19. The topological polar surface area (TPSA) is 43.4 Å². The van der Waals surface area contributed by atoms with Crippen LogP contribution < -0.4 is 0 Å². The molecule has 14 heavy (non-hydrogen) atoms. The number of carbonyl (C=O) groups excluding carboxylic acids is 2. The third-order valence-electron chi connectivity index (χ3n) is 3.32. The van der Waals surface area contributed by atoms with Gasteiger partial charge in [0.2, 0.25) is 0 Å². The minimum atomic E-state index is -0.492. The van der Waals surface area contributed by atoms with E-state index in [4.69, 9.17) is 4.74 Å². The monoisotopic (exact) mass is 214 g/mol. The highest BCUT2D eigenvalue weighted by molar-refractivity contribution is 7.96. The van der Waals surface area contributed by atoms with Crippen molar-refractivity contribution >= 4 is 23.7 Å². The molecule has 1 aliphatic heterocycles. The molecule has 1 spiro atoms. The molecule has 3 nitrogen and oxygen atoms in total. The lowest BCUT2D eigenvalue weighted by Gasteiger charge is -2.35. The number of rotatable bonds is 1. The van der Waals surface area contributed by atoms with E-state index in [2.05, 4.69) is 12.6 Å². The normalized spacial score (nSPS) is 30.4. The fourth-order valence-electron chi connectivity index (χ4n) is 2.61. The van der Waals surface area contributed by atoms with Crippen molar-refractivity contribution in [3.63, 3.8) is 0 Å². The lowest BCUT2D eigenvalue weighted by molar-refractivity contribution is -0.152. The molecule has 0 bridgehead atoms. The Bertz CT molecular complexity index is 269. The fraction of sp³-hybridized carbons (Fsp3) is 0.800. The van der Waals surface area contributed by atoms with Crippen LogP contribution in [0.1, 0.15) is 38.5 Å². The van der Waals surface area contributed by atoms with Crippen LogP contribution in [0.25, 0.3) is 0 Å². The molecule has 78 valence electrons. The molecule has 0 aromatic carbocycles. The zero-order chi connectivity index (χ0) is 10.2. The molecule has 0 amide bonds. The molecule has 2 fully saturated rings. The van der Waals surface area contributed by atoms with Crippen molar-refractivity contribution in [1.29, 1.82) is 0 Å². The zero-order valence-corrected chi connectivity index (χ0v) is 8.89. The first kappa shape index (κ1) is 10.0. The van der Waals surface area contributed by atoms with Crippen LogP contribution in [0.2, 0.25) is 0 Å². The van der Waals surface area contributed by atoms with Crippen LogP contribution >= 0.6 is 12.6 Å². The Kier molecular flexibility index (Phi) is 2.56. The van der Waals surface area contributed by atoms with Gasteiger partial charge in [-0.25, -0.2) is 0 Å². The maximum atomic E-state index is 11.3. The van der Waals surface area contributed by atoms with Gasteiger partial charge in [0.25, 0.3) is 0 Å². The first-order valence-corrected chi connectivity index (χ1v) is 5.53. The molecule has 1 aliphatic carbocycles. The highest BCUT2D eigenvalue weighted by Crippen LogP contribution is 2.44. The smallest absolute Gasteiger partial charge is 0.307 e. The van der Waals surface area contributed by atoms with Gasteiger partial charge in [-0.05, 0) is 25.7 Å². The van der Waals surface area contributed by atoms with Crippen LogP contribution in [0.3, 0.4) is 0 Å². The first-order chi connectivity index (χ1) is 6.64. The van der Waals surface area contributed by atoms with Gasteiger partial charge in [0, 0.05) is 0 Å². The average Bonchev–Trinajstić information content (AvgIpc) is 2.44. The van der Waals surface area contributed by atoms with Crippen LogP contribution in [0, 0.1) is 5.92 Å². The number of esters is 1. The summed E-state index contributed by atoms with van der Waals surface area (Å²) in [6, 6.07) is 0. The summed E-state index contributed by atoms with van der Waals surface area (Å²) in [6.45, 7) is 0. The van der Waals surface area contributed by atoms with Crippen LogP contribution in [0.15, 0.2) is 0 Å². The number of ether oxygens (including phenoxy) is 1. The van der Waals surface area contributed by atoms with Gasteiger partial charge in [-0.2, -0.15) is 0 Å². The molecule has 2 aliphatic rings. The largest absolute Gasteiger partial charge is 0.458 e. The second kappa shape index (κ2) is 3.57. The zero-order valence-electron chi connectivity index (χ0n) is 7.99. The standard InChI is InChI=1S/C10H14O3S/c11-8-6-7(9(12)14)10(13-8)4-2-1-3-5-10/h7H,1-6H2,(H,12,14). The predicted octanol–water partition coefficient (Wildman–Crippen LogP) is 1.71. The summed E-state index contributed by atoms with van der Waals surface area (Å²) in [6.07, 6.45) is 5.15. The first-order valence-electron chi connectivity index (χ1n) is 5.09. The van der Waals surface area contributed by atoms with Crippen molar-refractivity contribution < 1.29 is 14.3 Å². The number of hydrogen-bond donors (Lipinski definition) is 1. The summed E-state index contributed by atoms with van der Waals surface area (Å²) >= 11 is 3.85. The number of carbonyl (C=O) groups is 2. The molecular formula is C10H14O3S. The molecule has 2 rings (SSSR count). The molecule has 1 heterocycles. The molecule has 0 radical (unpaired) electrons. The van der Waals surface area contributed by atoms with Crippen LogP contribution in [0.4, 0.5) is 0 Å². The lowest BCUT2D eigenvalue weighted by atomic mass is 9.76. The Balaban J connectivity index is 2.21. The van der Waals surface area contributed by atoms with Crippen molar-refractivity contribution in [1.82, 2.24) is 0 Å². The summed E-state index contributed by atoms with van der Waals surface area (Å²) in [5.74, 6) is -0.544. The molecule has 1 atom stereocenters. The lowest BCUT2D eigenvalue weighted by Crippen LogP contribution is -2.40. The number of hydrogen-bond acceptors (Lipinski definition) is 3. The minimum absolute atomic E-state index is 0.197. The van der Waals surface area contributed by atoms with Crippen LogP contribution in [-0.4, -0.2) is 16.7 Å². The summed E-state index contributed by atoms with van der Waals surface area (Å²) in [5.41, 5.74) is -0.492. The molecule has 0 aromatic rings. The second-order valence-corrected chi connectivity index (χ2v) is 4.64. The summed E-state index contributed by atoms with van der Waals surface area (Å²) in [5, 5.41) is -0.197. The maximum Gasteiger partial charge on any atom is 0.307 e. The molecule has 1 saturated carbocycles. The van der Waals surface area contributed by atoms with Gasteiger partial charge in [-0.15, -0.1) is 12.6 Å². The Morgan fingerprint density at radius 1 is 1.36 bits per heavy atom. The maximum absolute atomic E-state index is 11.3. The summed E-state index contributed by atoms with van der Waals surface area (Å²) < 4.78 is 5.36. The van der Waals surface area contributed by atoms with Gasteiger partial charge < -0.3 is 4.74 Å². The SMILES string of the molecule is O=C1CC(C(=O)S)C2(CCCCC2)O1. The Labute approximate surface area is 88.6 Å². The molecule has 0 aromatic heterocycles. The third-order valence-corrected chi connectivity index (χ3v) is 3.63. The Hall–Kier alpha value is -0.510. The van der Waals surface area contributed by atoms with E-state index in [1.807, 2.05) is 0 Å². The highest BCUT2D eigenvalue weighted by Gasteiger charge is 2.51. The predicted molar refractivity (Wildman–Crippen MR) is 54.0 cm³/mol. The Morgan fingerprint density at radius 2 is 2.00 bits per heavy atom. The van der Waals surface area contributed by atoms with E-state index in [0.29, 0.717) is 0 Å². The molecular weight excluding hydrogens is 200 g/mol. The van der Waals surface area contributed by atoms with E-state index in [1.165, 1.54) is 6.42 Å². The minimum Gasteiger partial charge on any atom is -0.458 e. The van der Waals surface area contributed by atoms with Crippen LogP contribution in [-0.2, 0) is 14.3 Å². The summed E-state index contributed by atoms with van der Waals surface area (Å²) in [7, 11) is 0. The fourth-order valence-corrected chi connectivity index (χ4v) is 2.93. The van der Waals surface area contributed by atoms with Crippen LogP contribution in [0.5, 0.6) is 0 Å². The van der Waals surface area contributed by atoms with Crippen molar-refractivity contribution in [2.45, 2.75) is 44.1 Å². The van der Waals surface area contributed by atoms with Gasteiger partial charge in [-0.3, -0.25) is 9.59 Å². The van der Waals surface area contributed by atoms with E-state index in [1.54, 1.807) is 0 Å². The van der Waals surface area contributed by atoms with Crippen molar-refractivity contribution in [3.05, 3.63) is 0 Å². The van der Waals surface area contributed by atoms with Gasteiger partial charge in [0.15, 0.2) is 5.12 Å². The number of thiol groups is 1. The molecule has 1 unspecified atom stereocenters. The van der Waals surface area contributed by atoms with E-state index in [9.17, 15) is 9.59 Å². The van der Waals surface area contributed by atoms with Crippen molar-refractivity contribution in [3.8, 4) is 0 Å². The van der Waals surface area contributed by atoms with Crippen molar-refractivity contribution in [2.24, 2.45) is 5.92 Å². The van der Waals surface area contributed by atoms with Gasteiger partial charge in [0.05, 0.1) is 12.3 Å². The van der Waals surface area contributed by atoms with Gasteiger partial charge in [0.1, 0.15) is 5.60 Å². The van der Waals surface area contributed by atoms with E-state index >= 15 is 0 Å². The quantitative estimate of drug-likeness (QED) is 0.534. The van der Waals surface area contributed by atoms with E-state index in [-0.39, 0.29) is 23.4 Å². The Morgan fingerprint density at radius 3 is 2.57 bits per heavy atom. The average molecular weight is 214 g/mol. The van der Waals surface area contributed by atoms with Crippen molar-refractivity contribution in [2.75, 3.05) is 0 Å². The highest BCUT2D eigenvalue weighted by atomic mass is 32.1. The van der Waals surface area contributed by atoms with Gasteiger partial charge >= 0.3 is 5.97 Å². The molecule has 0 N–H and O–H groups in total. The third kappa shape index (κ3) is 1.56. The molecule has 4 heteroatoms. The van der Waals surface area contributed by atoms with Gasteiger partial charge in [-0.1, -0.05) is 6.42 Å². The summed E-state index contributed by atoms with van der Waals surface area (Å²) in [4.78, 5) is 22.5. The van der Waals surface area contributed by atoms with E-state index < -0.39 is 5.60 Å².